The largest absolute Gasteiger partial charge is 0.427 e. The van der Waals surface area contributed by atoms with Gasteiger partial charge in [0.2, 0.25) is 0 Å². The summed E-state index contributed by atoms with van der Waals surface area (Å²) in [7, 11) is 1.58. The molecule has 84 valence electrons. The van der Waals surface area contributed by atoms with E-state index in [0.29, 0.717) is 12.4 Å². The van der Waals surface area contributed by atoms with Crippen molar-refractivity contribution in [2.45, 2.75) is 6.92 Å². The second-order valence-electron chi connectivity index (χ2n) is 3.34. The third-order valence-electron chi connectivity index (χ3n) is 2.16. The van der Waals surface area contributed by atoms with E-state index >= 15 is 0 Å². The molecule has 0 radical (unpaired) electrons. The Balaban J connectivity index is 2.41. The maximum atomic E-state index is 10.8. The Kier molecular flexibility index (Phi) is 2.87. The van der Waals surface area contributed by atoms with Crippen molar-refractivity contribution >= 4 is 12.2 Å². The Labute approximate surface area is 92.6 Å². The molecule has 0 unspecified atom stereocenters. The molecule has 5 heteroatoms. The molecule has 0 aromatic heterocycles. The van der Waals surface area contributed by atoms with Gasteiger partial charge in [0.05, 0.1) is 12.5 Å². The first kappa shape index (κ1) is 10.6. The van der Waals surface area contributed by atoms with E-state index in [-0.39, 0.29) is 5.97 Å². The highest BCUT2D eigenvalue weighted by Gasteiger charge is 2.04. The second-order valence-corrected chi connectivity index (χ2v) is 3.34. The fourth-order valence-corrected chi connectivity index (χ4v) is 1.46. The smallest absolute Gasteiger partial charge is 0.308 e. The van der Waals surface area contributed by atoms with E-state index in [0.717, 1.165) is 10.6 Å². The summed E-state index contributed by atoms with van der Waals surface area (Å²) in [4.78, 5) is 20.2. The third-order valence-corrected chi connectivity index (χ3v) is 2.16. The maximum absolute atomic E-state index is 10.8. The Morgan fingerprint density at radius 2 is 2.31 bits per heavy atom. The quantitative estimate of drug-likeness (QED) is 0.512. The number of benzene rings is 1. The summed E-state index contributed by atoms with van der Waals surface area (Å²) in [5.74, 6) is 0.173. The van der Waals surface area contributed by atoms with Crippen LogP contribution in [-0.2, 0) is 9.63 Å². The van der Waals surface area contributed by atoms with E-state index in [1.54, 1.807) is 24.3 Å². The van der Waals surface area contributed by atoms with Gasteiger partial charge in [-0.15, -0.1) is 0 Å². The Morgan fingerprint density at radius 3 is 3.00 bits per heavy atom. The summed E-state index contributed by atoms with van der Waals surface area (Å²) in [6.45, 7) is 1.84. The van der Waals surface area contributed by atoms with E-state index < -0.39 is 0 Å². The standard InChI is InChI=1S/C11H12N2O3/c1-8(14)16-10-3-4-11-9(5-10)6-13(15-2)7-12-11/h3-6H,7H2,1-2H3. The first-order valence-electron chi connectivity index (χ1n) is 4.84. The van der Waals surface area contributed by atoms with Gasteiger partial charge in [0.1, 0.15) is 12.4 Å². The molecular formula is C11H12N2O3. The van der Waals surface area contributed by atoms with Crippen LogP contribution in [0.2, 0.25) is 0 Å². The van der Waals surface area contributed by atoms with Crippen LogP contribution in [0.4, 0.5) is 0 Å². The average molecular weight is 220 g/mol. The van der Waals surface area contributed by atoms with Crippen LogP contribution in [0.5, 0.6) is 5.75 Å². The van der Waals surface area contributed by atoms with Gasteiger partial charge < -0.3 is 4.74 Å². The molecule has 0 bridgehead atoms. The van der Waals surface area contributed by atoms with Gasteiger partial charge in [-0.05, 0) is 18.2 Å². The summed E-state index contributed by atoms with van der Waals surface area (Å²) in [6, 6.07) is 5.29. The molecule has 0 spiro atoms. The minimum Gasteiger partial charge on any atom is -0.427 e. The van der Waals surface area contributed by atoms with Crippen molar-refractivity contribution in [3.8, 4) is 5.75 Å². The van der Waals surface area contributed by atoms with Crippen molar-refractivity contribution in [3.05, 3.63) is 28.8 Å². The molecule has 0 amide bonds. The number of esters is 1. The Bertz CT molecular complexity index is 525. The lowest BCUT2D eigenvalue weighted by atomic mass is 10.2. The van der Waals surface area contributed by atoms with Crippen LogP contribution in [0.1, 0.15) is 6.92 Å². The summed E-state index contributed by atoms with van der Waals surface area (Å²) in [5, 5.41) is 3.33. The highest BCUT2D eigenvalue weighted by atomic mass is 16.7. The van der Waals surface area contributed by atoms with E-state index in [1.165, 1.54) is 6.92 Å². The lowest BCUT2D eigenvalue weighted by Crippen LogP contribution is -2.35. The van der Waals surface area contributed by atoms with Gasteiger partial charge in [0.25, 0.3) is 0 Å². The van der Waals surface area contributed by atoms with Crippen molar-refractivity contribution in [1.29, 1.82) is 0 Å². The number of hydrogen-bond donors (Lipinski definition) is 0. The van der Waals surface area contributed by atoms with Gasteiger partial charge in [-0.3, -0.25) is 14.6 Å². The molecule has 16 heavy (non-hydrogen) atoms. The van der Waals surface area contributed by atoms with Crippen LogP contribution >= 0.6 is 0 Å². The first-order valence-corrected chi connectivity index (χ1v) is 4.84. The molecule has 2 rings (SSSR count). The normalized spacial score (nSPS) is 13.5. The summed E-state index contributed by atoms with van der Waals surface area (Å²) < 4.78 is 4.99. The molecule has 0 N–H and O–H groups in total. The first-order chi connectivity index (χ1) is 7.69. The molecule has 0 saturated carbocycles. The van der Waals surface area contributed by atoms with Crippen LogP contribution in [-0.4, -0.2) is 24.8 Å². The Morgan fingerprint density at radius 1 is 1.50 bits per heavy atom. The van der Waals surface area contributed by atoms with Gasteiger partial charge in [0, 0.05) is 18.3 Å². The number of hydrogen-bond acceptors (Lipinski definition) is 5. The van der Waals surface area contributed by atoms with E-state index in [1.807, 2.05) is 12.3 Å². The topological polar surface area (TPSA) is 51.1 Å². The zero-order valence-corrected chi connectivity index (χ0v) is 9.14. The number of hydroxylamine groups is 2. The lowest BCUT2D eigenvalue weighted by molar-refractivity contribution is -0.131. The van der Waals surface area contributed by atoms with Crippen LogP contribution in [0, 0.1) is 0 Å². The third kappa shape index (κ3) is 2.20. The minimum absolute atomic E-state index is 0.337. The lowest BCUT2D eigenvalue weighted by Gasteiger charge is -2.17. The summed E-state index contributed by atoms with van der Waals surface area (Å²) in [5.41, 5.74) is 0. The van der Waals surface area contributed by atoms with Crippen LogP contribution in [0.25, 0.3) is 6.20 Å². The number of carbonyl (C=O) groups excluding carboxylic acids is 1. The van der Waals surface area contributed by atoms with Gasteiger partial charge in [-0.2, -0.15) is 0 Å². The minimum atomic E-state index is -0.337. The zero-order chi connectivity index (χ0) is 11.5. The number of fused-ring (bicyclic) bond motifs is 1. The molecule has 1 aliphatic heterocycles. The average Bonchev–Trinajstić information content (AvgIpc) is 2.27. The molecule has 1 aromatic carbocycles. The van der Waals surface area contributed by atoms with Gasteiger partial charge >= 0.3 is 5.97 Å². The fourth-order valence-electron chi connectivity index (χ4n) is 1.46. The molecule has 0 atom stereocenters. The zero-order valence-electron chi connectivity index (χ0n) is 9.14. The van der Waals surface area contributed by atoms with Crippen molar-refractivity contribution in [3.63, 3.8) is 0 Å². The van der Waals surface area contributed by atoms with E-state index in [4.69, 9.17) is 9.57 Å². The summed E-state index contributed by atoms with van der Waals surface area (Å²) >= 11 is 0. The molecular weight excluding hydrogens is 208 g/mol. The van der Waals surface area contributed by atoms with Crippen LogP contribution in [0.15, 0.2) is 23.2 Å². The van der Waals surface area contributed by atoms with Crippen LogP contribution in [0.3, 0.4) is 0 Å². The summed E-state index contributed by atoms with van der Waals surface area (Å²) in [6.07, 6.45) is 1.81. The molecule has 5 nitrogen and oxygen atoms in total. The predicted molar refractivity (Wildman–Crippen MR) is 56.7 cm³/mol. The molecule has 1 aliphatic rings. The van der Waals surface area contributed by atoms with Gasteiger partial charge in [-0.25, -0.2) is 5.06 Å². The van der Waals surface area contributed by atoms with E-state index in [2.05, 4.69) is 4.99 Å². The number of carbonyl (C=O) groups is 1. The van der Waals surface area contributed by atoms with Crippen LogP contribution < -0.4 is 15.3 Å². The molecule has 0 saturated heterocycles. The van der Waals surface area contributed by atoms with Gasteiger partial charge in [0.15, 0.2) is 0 Å². The molecule has 0 aliphatic carbocycles. The highest BCUT2D eigenvalue weighted by Crippen LogP contribution is 2.05. The highest BCUT2D eigenvalue weighted by molar-refractivity contribution is 5.69. The van der Waals surface area contributed by atoms with Crippen molar-refractivity contribution in [2.75, 3.05) is 13.8 Å². The second kappa shape index (κ2) is 4.32. The van der Waals surface area contributed by atoms with Gasteiger partial charge in [-0.1, -0.05) is 0 Å². The predicted octanol–water partition coefficient (Wildman–Crippen LogP) is -0.196. The van der Waals surface area contributed by atoms with Crippen molar-refractivity contribution < 1.29 is 14.4 Å². The maximum Gasteiger partial charge on any atom is 0.308 e. The van der Waals surface area contributed by atoms with Crippen molar-refractivity contribution in [2.24, 2.45) is 4.99 Å². The molecule has 0 fully saturated rings. The molecule has 1 aromatic rings. The van der Waals surface area contributed by atoms with E-state index in [9.17, 15) is 4.79 Å². The fraction of sp³-hybridized carbons (Fsp3) is 0.273. The molecule has 1 heterocycles. The Hall–Kier alpha value is -1.88. The van der Waals surface area contributed by atoms with Crippen molar-refractivity contribution in [1.82, 2.24) is 5.06 Å². The number of rotatable bonds is 2. The SMILES string of the molecule is CON1C=c2cc(OC(C)=O)ccc2=NC1. The monoisotopic (exact) mass is 220 g/mol. The number of ether oxygens (including phenoxy) is 1. The number of nitrogens with zero attached hydrogens (tertiary/aromatic N) is 2.